The SMILES string of the molecule is N#CCC1(COCCc2cccs2)CC1. The average molecular weight is 221 g/mol. The average Bonchev–Trinajstić information content (AvgIpc) is 2.80. The second kappa shape index (κ2) is 4.78. The van der Waals surface area contributed by atoms with Crippen molar-refractivity contribution in [3.05, 3.63) is 22.4 Å². The predicted molar refractivity (Wildman–Crippen MR) is 60.7 cm³/mol. The number of rotatable bonds is 6. The van der Waals surface area contributed by atoms with Gasteiger partial charge in [0.15, 0.2) is 0 Å². The summed E-state index contributed by atoms with van der Waals surface area (Å²) in [6.45, 7) is 1.56. The molecule has 0 N–H and O–H groups in total. The third-order valence-corrected chi connectivity index (χ3v) is 3.83. The molecule has 1 aromatic heterocycles. The van der Waals surface area contributed by atoms with Crippen LogP contribution in [0.25, 0.3) is 0 Å². The van der Waals surface area contributed by atoms with Crippen LogP contribution in [-0.2, 0) is 11.2 Å². The molecule has 0 bridgehead atoms. The van der Waals surface area contributed by atoms with Crippen molar-refractivity contribution >= 4 is 11.3 Å². The minimum atomic E-state index is 0.226. The fourth-order valence-electron chi connectivity index (χ4n) is 1.63. The highest BCUT2D eigenvalue weighted by molar-refractivity contribution is 7.09. The molecule has 15 heavy (non-hydrogen) atoms. The predicted octanol–water partition coefficient (Wildman–Crippen LogP) is 3.00. The van der Waals surface area contributed by atoms with Crippen LogP contribution in [0.2, 0.25) is 0 Å². The Morgan fingerprint density at radius 2 is 2.40 bits per heavy atom. The molecule has 2 nitrogen and oxygen atoms in total. The number of nitrogens with zero attached hydrogens (tertiary/aromatic N) is 1. The molecule has 0 unspecified atom stereocenters. The van der Waals surface area contributed by atoms with E-state index in [9.17, 15) is 0 Å². The summed E-state index contributed by atoms with van der Waals surface area (Å²) in [6, 6.07) is 6.45. The van der Waals surface area contributed by atoms with Crippen LogP contribution in [0.3, 0.4) is 0 Å². The Hall–Kier alpha value is -0.850. The third-order valence-electron chi connectivity index (χ3n) is 2.89. The first-order valence-electron chi connectivity index (χ1n) is 5.32. The smallest absolute Gasteiger partial charge is 0.0628 e. The molecule has 1 saturated carbocycles. The molecule has 80 valence electrons. The van der Waals surface area contributed by atoms with E-state index in [2.05, 4.69) is 23.6 Å². The van der Waals surface area contributed by atoms with Crippen LogP contribution in [-0.4, -0.2) is 13.2 Å². The highest BCUT2D eigenvalue weighted by Gasteiger charge is 2.42. The van der Waals surface area contributed by atoms with E-state index in [1.54, 1.807) is 11.3 Å². The molecule has 0 saturated heterocycles. The molecule has 1 heterocycles. The first-order valence-corrected chi connectivity index (χ1v) is 6.20. The Kier molecular flexibility index (Phi) is 3.40. The highest BCUT2D eigenvalue weighted by atomic mass is 32.1. The molecule has 0 aromatic carbocycles. The van der Waals surface area contributed by atoms with Crippen LogP contribution >= 0.6 is 11.3 Å². The van der Waals surface area contributed by atoms with Crippen LogP contribution in [0, 0.1) is 16.7 Å². The van der Waals surface area contributed by atoms with Crippen LogP contribution in [0.5, 0.6) is 0 Å². The van der Waals surface area contributed by atoms with Crippen molar-refractivity contribution in [2.45, 2.75) is 25.7 Å². The van der Waals surface area contributed by atoms with Crippen LogP contribution in [0.1, 0.15) is 24.1 Å². The van der Waals surface area contributed by atoms with Crippen molar-refractivity contribution in [1.82, 2.24) is 0 Å². The van der Waals surface area contributed by atoms with E-state index < -0.39 is 0 Å². The Morgan fingerprint density at radius 1 is 1.53 bits per heavy atom. The van der Waals surface area contributed by atoms with Crippen molar-refractivity contribution in [2.24, 2.45) is 5.41 Å². The monoisotopic (exact) mass is 221 g/mol. The van der Waals surface area contributed by atoms with Crippen molar-refractivity contribution in [3.8, 4) is 6.07 Å². The topological polar surface area (TPSA) is 33.0 Å². The lowest BCUT2D eigenvalue weighted by Gasteiger charge is -2.10. The van der Waals surface area contributed by atoms with Gasteiger partial charge in [-0.25, -0.2) is 0 Å². The number of hydrogen-bond acceptors (Lipinski definition) is 3. The van der Waals surface area contributed by atoms with Crippen LogP contribution in [0.15, 0.2) is 17.5 Å². The molecule has 0 atom stereocenters. The number of hydrogen-bond donors (Lipinski definition) is 0. The van der Waals surface area contributed by atoms with E-state index in [-0.39, 0.29) is 5.41 Å². The molecule has 3 heteroatoms. The Morgan fingerprint density at radius 3 is 3.00 bits per heavy atom. The second-order valence-electron chi connectivity index (χ2n) is 4.22. The zero-order valence-electron chi connectivity index (χ0n) is 8.74. The largest absolute Gasteiger partial charge is 0.380 e. The van der Waals surface area contributed by atoms with Crippen molar-refractivity contribution in [2.75, 3.05) is 13.2 Å². The molecule has 1 aliphatic carbocycles. The molecule has 0 aliphatic heterocycles. The van der Waals surface area contributed by atoms with Gasteiger partial charge in [0.2, 0.25) is 0 Å². The van der Waals surface area contributed by atoms with Gasteiger partial charge in [-0.2, -0.15) is 5.26 Å². The standard InChI is InChI=1S/C12H15NOS/c13-7-6-12(4-5-12)10-14-8-3-11-2-1-9-15-11/h1-2,9H,3-6,8,10H2. The lowest BCUT2D eigenvalue weighted by atomic mass is 10.1. The molecule has 0 radical (unpaired) electrons. The van der Waals surface area contributed by atoms with E-state index >= 15 is 0 Å². The fraction of sp³-hybridized carbons (Fsp3) is 0.583. The Bertz CT molecular complexity index is 335. The van der Waals surface area contributed by atoms with E-state index in [4.69, 9.17) is 10.00 Å². The van der Waals surface area contributed by atoms with Gasteiger partial charge in [-0.3, -0.25) is 0 Å². The van der Waals surface area contributed by atoms with Gasteiger partial charge in [-0.1, -0.05) is 6.07 Å². The molecule has 1 fully saturated rings. The molecule has 2 rings (SSSR count). The Labute approximate surface area is 94.5 Å². The zero-order valence-corrected chi connectivity index (χ0v) is 9.55. The molecular weight excluding hydrogens is 206 g/mol. The first-order chi connectivity index (χ1) is 7.35. The van der Waals surface area contributed by atoms with Crippen LogP contribution in [0.4, 0.5) is 0 Å². The second-order valence-corrected chi connectivity index (χ2v) is 5.25. The van der Waals surface area contributed by atoms with Gasteiger partial charge >= 0.3 is 0 Å². The van der Waals surface area contributed by atoms with Gasteiger partial charge in [-0.15, -0.1) is 11.3 Å². The molecule has 1 aromatic rings. The molecule has 0 amide bonds. The quantitative estimate of drug-likeness (QED) is 0.692. The summed E-state index contributed by atoms with van der Waals surface area (Å²) in [7, 11) is 0. The summed E-state index contributed by atoms with van der Waals surface area (Å²) in [5.74, 6) is 0. The summed E-state index contributed by atoms with van der Waals surface area (Å²) >= 11 is 1.77. The summed E-state index contributed by atoms with van der Waals surface area (Å²) in [6.07, 6.45) is 3.99. The molecule has 1 aliphatic rings. The van der Waals surface area contributed by atoms with Gasteiger partial charge in [0.05, 0.1) is 19.3 Å². The summed E-state index contributed by atoms with van der Waals surface area (Å²) in [5, 5.41) is 10.7. The van der Waals surface area contributed by atoms with E-state index in [0.717, 1.165) is 19.6 Å². The van der Waals surface area contributed by atoms with Crippen molar-refractivity contribution in [1.29, 1.82) is 5.26 Å². The minimum Gasteiger partial charge on any atom is -0.380 e. The summed E-state index contributed by atoms with van der Waals surface area (Å²) in [4.78, 5) is 1.38. The number of ether oxygens (including phenoxy) is 1. The summed E-state index contributed by atoms with van der Waals surface area (Å²) in [5.41, 5.74) is 0.226. The van der Waals surface area contributed by atoms with Gasteiger partial charge in [0.1, 0.15) is 0 Å². The van der Waals surface area contributed by atoms with E-state index in [1.807, 2.05) is 0 Å². The maximum Gasteiger partial charge on any atom is 0.0628 e. The maximum atomic E-state index is 8.64. The molecule has 0 spiro atoms. The lowest BCUT2D eigenvalue weighted by Crippen LogP contribution is -2.11. The first kappa shape index (κ1) is 10.7. The van der Waals surface area contributed by atoms with Crippen molar-refractivity contribution in [3.63, 3.8) is 0 Å². The number of nitriles is 1. The maximum absolute atomic E-state index is 8.64. The number of thiophene rings is 1. The minimum absolute atomic E-state index is 0.226. The van der Waals surface area contributed by atoms with Crippen LogP contribution < -0.4 is 0 Å². The third kappa shape index (κ3) is 3.05. The van der Waals surface area contributed by atoms with Gasteiger partial charge in [0.25, 0.3) is 0 Å². The van der Waals surface area contributed by atoms with E-state index in [1.165, 1.54) is 17.7 Å². The highest BCUT2D eigenvalue weighted by Crippen LogP contribution is 2.48. The van der Waals surface area contributed by atoms with Gasteiger partial charge in [0, 0.05) is 23.1 Å². The fourth-order valence-corrected chi connectivity index (χ4v) is 2.32. The molecular formula is C12H15NOS. The van der Waals surface area contributed by atoms with E-state index in [0.29, 0.717) is 6.42 Å². The summed E-state index contributed by atoms with van der Waals surface area (Å²) < 4.78 is 5.64. The van der Waals surface area contributed by atoms with Crippen molar-refractivity contribution < 1.29 is 4.74 Å². The lowest BCUT2D eigenvalue weighted by molar-refractivity contribution is 0.0944. The van der Waals surface area contributed by atoms with Gasteiger partial charge in [-0.05, 0) is 24.3 Å². The van der Waals surface area contributed by atoms with Gasteiger partial charge < -0.3 is 4.74 Å². The zero-order chi connectivity index (χ0) is 10.6. The normalized spacial score (nSPS) is 17.3. The Balaban J connectivity index is 1.62.